The predicted octanol–water partition coefficient (Wildman–Crippen LogP) is 3.82. The van der Waals surface area contributed by atoms with E-state index < -0.39 is 6.04 Å². The maximum atomic E-state index is 13.7. The highest BCUT2D eigenvalue weighted by atomic mass is 79.9. The molecule has 2 N–H and O–H groups in total. The van der Waals surface area contributed by atoms with Gasteiger partial charge in [0.1, 0.15) is 5.82 Å². The van der Waals surface area contributed by atoms with Gasteiger partial charge in [0.15, 0.2) is 0 Å². The Balaban J connectivity index is 2.06. The number of aromatic nitrogens is 2. The van der Waals surface area contributed by atoms with Crippen LogP contribution in [0.3, 0.4) is 0 Å². The summed E-state index contributed by atoms with van der Waals surface area (Å²) in [7, 11) is 0. The van der Waals surface area contributed by atoms with Crippen LogP contribution < -0.4 is 5.73 Å². The molecule has 5 heteroatoms. The molecule has 2 aromatic carbocycles. The van der Waals surface area contributed by atoms with Crippen LogP contribution in [-0.2, 0) is 0 Å². The molecular formula is C16H13BrFN3. The molecule has 3 nitrogen and oxygen atoms in total. The zero-order valence-corrected chi connectivity index (χ0v) is 12.7. The summed E-state index contributed by atoms with van der Waals surface area (Å²) < 4.78 is 15.8. The van der Waals surface area contributed by atoms with Gasteiger partial charge in [0, 0.05) is 6.20 Å². The van der Waals surface area contributed by atoms with E-state index in [-0.39, 0.29) is 5.82 Å². The van der Waals surface area contributed by atoms with Crippen molar-refractivity contribution in [3.05, 3.63) is 82.3 Å². The largest absolute Gasteiger partial charge is 0.319 e. The summed E-state index contributed by atoms with van der Waals surface area (Å²) in [5, 5.41) is 4.31. The van der Waals surface area contributed by atoms with Crippen molar-refractivity contribution in [2.75, 3.05) is 0 Å². The average molecular weight is 346 g/mol. The number of nitrogens with two attached hydrogens (primary N) is 1. The Morgan fingerprint density at radius 1 is 1.05 bits per heavy atom. The third kappa shape index (κ3) is 2.62. The van der Waals surface area contributed by atoms with E-state index in [1.807, 2.05) is 36.4 Å². The highest BCUT2D eigenvalue weighted by molar-refractivity contribution is 9.10. The highest BCUT2D eigenvalue weighted by Crippen LogP contribution is 2.29. The second kappa shape index (κ2) is 5.79. The minimum Gasteiger partial charge on any atom is -0.319 e. The fourth-order valence-electron chi connectivity index (χ4n) is 2.25. The SMILES string of the molecule is NC(c1cccc(F)c1Br)c1ccnn1-c1ccccc1. The maximum Gasteiger partial charge on any atom is 0.137 e. The molecule has 0 aliphatic rings. The fourth-order valence-corrected chi connectivity index (χ4v) is 2.76. The van der Waals surface area contributed by atoms with Crippen LogP contribution in [0.5, 0.6) is 0 Å². The van der Waals surface area contributed by atoms with Crippen molar-refractivity contribution in [1.82, 2.24) is 9.78 Å². The molecule has 0 spiro atoms. The van der Waals surface area contributed by atoms with Crippen LogP contribution in [0.25, 0.3) is 5.69 Å². The molecule has 0 amide bonds. The van der Waals surface area contributed by atoms with Gasteiger partial charge in [0.25, 0.3) is 0 Å². The lowest BCUT2D eigenvalue weighted by atomic mass is 10.0. The molecule has 0 aliphatic carbocycles. The second-order valence-corrected chi connectivity index (χ2v) is 5.42. The number of nitrogens with zero attached hydrogens (tertiary/aromatic N) is 2. The zero-order valence-electron chi connectivity index (χ0n) is 11.1. The molecule has 0 saturated heterocycles. The normalized spacial score (nSPS) is 12.3. The molecule has 0 bridgehead atoms. The summed E-state index contributed by atoms with van der Waals surface area (Å²) >= 11 is 3.26. The number of benzene rings is 2. The molecule has 3 aromatic rings. The minimum atomic E-state index is -0.474. The van der Waals surface area contributed by atoms with E-state index in [0.29, 0.717) is 10.0 Å². The first-order chi connectivity index (χ1) is 10.2. The van der Waals surface area contributed by atoms with E-state index in [0.717, 1.165) is 11.4 Å². The topological polar surface area (TPSA) is 43.8 Å². The van der Waals surface area contributed by atoms with Crippen molar-refractivity contribution in [1.29, 1.82) is 0 Å². The van der Waals surface area contributed by atoms with Crippen LogP contribution in [-0.4, -0.2) is 9.78 Å². The fraction of sp³-hybridized carbons (Fsp3) is 0.0625. The Kier molecular flexibility index (Phi) is 3.86. The van der Waals surface area contributed by atoms with E-state index in [9.17, 15) is 4.39 Å². The zero-order chi connectivity index (χ0) is 14.8. The number of hydrogen-bond acceptors (Lipinski definition) is 2. The summed E-state index contributed by atoms with van der Waals surface area (Å²) in [6.07, 6.45) is 1.69. The van der Waals surface area contributed by atoms with Crippen LogP contribution in [0.2, 0.25) is 0 Å². The van der Waals surface area contributed by atoms with Gasteiger partial charge in [-0.15, -0.1) is 0 Å². The van der Waals surface area contributed by atoms with Crippen LogP contribution in [0.4, 0.5) is 4.39 Å². The first-order valence-corrected chi connectivity index (χ1v) is 7.26. The molecule has 21 heavy (non-hydrogen) atoms. The van der Waals surface area contributed by atoms with E-state index in [1.165, 1.54) is 6.07 Å². The van der Waals surface area contributed by atoms with Crippen molar-refractivity contribution in [3.8, 4) is 5.69 Å². The number of rotatable bonds is 3. The minimum absolute atomic E-state index is 0.325. The van der Waals surface area contributed by atoms with Crippen molar-refractivity contribution < 1.29 is 4.39 Å². The lowest BCUT2D eigenvalue weighted by Gasteiger charge is -2.16. The highest BCUT2D eigenvalue weighted by Gasteiger charge is 2.18. The van der Waals surface area contributed by atoms with Gasteiger partial charge in [-0.25, -0.2) is 9.07 Å². The summed E-state index contributed by atoms with van der Waals surface area (Å²) in [6, 6.07) is 15.9. The molecule has 0 saturated carbocycles. The Morgan fingerprint density at radius 2 is 1.81 bits per heavy atom. The number of hydrogen-bond donors (Lipinski definition) is 1. The monoisotopic (exact) mass is 345 g/mol. The molecule has 106 valence electrons. The molecule has 0 fully saturated rings. The van der Waals surface area contributed by atoms with Crippen LogP contribution >= 0.6 is 15.9 Å². The molecule has 0 aliphatic heterocycles. The predicted molar refractivity (Wildman–Crippen MR) is 83.7 cm³/mol. The lowest BCUT2D eigenvalue weighted by molar-refractivity contribution is 0.614. The molecule has 1 unspecified atom stereocenters. The summed E-state index contributed by atoms with van der Waals surface area (Å²) in [5.74, 6) is -0.325. The first kappa shape index (κ1) is 14.0. The molecule has 3 rings (SSSR count). The second-order valence-electron chi connectivity index (χ2n) is 4.62. The Bertz CT molecular complexity index is 755. The van der Waals surface area contributed by atoms with E-state index >= 15 is 0 Å². The summed E-state index contributed by atoms with van der Waals surface area (Å²) in [6.45, 7) is 0. The molecular weight excluding hydrogens is 333 g/mol. The standard InChI is InChI=1S/C16H13BrFN3/c17-15-12(7-4-8-13(15)18)16(19)14-9-10-20-21(14)11-5-2-1-3-6-11/h1-10,16H,19H2. The molecule has 1 atom stereocenters. The summed E-state index contributed by atoms with van der Waals surface area (Å²) in [4.78, 5) is 0. The van der Waals surface area contributed by atoms with Gasteiger partial charge in [-0.1, -0.05) is 30.3 Å². The number of halogens is 2. The van der Waals surface area contributed by atoms with Gasteiger partial charge in [-0.05, 0) is 45.8 Å². The Morgan fingerprint density at radius 3 is 2.57 bits per heavy atom. The van der Waals surface area contributed by atoms with Crippen molar-refractivity contribution in [3.63, 3.8) is 0 Å². The van der Waals surface area contributed by atoms with Gasteiger partial charge < -0.3 is 5.73 Å². The van der Waals surface area contributed by atoms with Crippen molar-refractivity contribution >= 4 is 15.9 Å². The van der Waals surface area contributed by atoms with Crippen LogP contribution in [0.15, 0.2) is 65.3 Å². The van der Waals surface area contributed by atoms with Gasteiger partial charge in [0.05, 0.1) is 21.9 Å². The maximum absolute atomic E-state index is 13.7. The van der Waals surface area contributed by atoms with Gasteiger partial charge in [-0.2, -0.15) is 5.10 Å². The quantitative estimate of drug-likeness (QED) is 0.784. The first-order valence-electron chi connectivity index (χ1n) is 6.47. The smallest absolute Gasteiger partial charge is 0.137 e. The molecule has 0 radical (unpaired) electrons. The molecule has 1 aromatic heterocycles. The third-order valence-corrected chi connectivity index (χ3v) is 4.14. The lowest BCUT2D eigenvalue weighted by Crippen LogP contribution is -2.17. The van der Waals surface area contributed by atoms with E-state index in [4.69, 9.17) is 5.73 Å². The Labute approximate surface area is 130 Å². The van der Waals surface area contributed by atoms with Gasteiger partial charge in [-0.3, -0.25) is 0 Å². The Hall–Kier alpha value is -1.98. The third-order valence-electron chi connectivity index (χ3n) is 3.31. The van der Waals surface area contributed by atoms with E-state index in [1.54, 1.807) is 23.0 Å². The van der Waals surface area contributed by atoms with Crippen molar-refractivity contribution in [2.45, 2.75) is 6.04 Å². The average Bonchev–Trinajstić information content (AvgIpc) is 3.00. The van der Waals surface area contributed by atoms with Gasteiger partial charge in [0.2, 0.25) is 0 Å². The molecule has 1 heterocycles. The van der Waals surface area contributed by atoms with Gasteiger partial charge >= 0.3 is 0 Å². The number of para-hydroxylation sites is 1. The van der Waals surface area contributed by atoms with E-state index in [2.05, 4.69) is 21.0 Å². The summed E-state index contributed by atoms with van der Waals surface area (Å²) in [5.41, 5.74) is 8.71. The van der Waals surface area contributed by atoms with Crippen LogP contribution in [0.1, 0.15) is 17.3 Å². The van der Waals surface area contributed by atoms with Crippen LogP contribution in [0, 0.1) is 5.82 Å². The van der Waals surface area contributed by atoms with Crippen molar-refractivity contribution in [2.24, 2.45) is 5.73 Å².